The van der Waals surface area contributed by atoms with Crippen molar-refractivity contribution in [3.05, 3.63) is 29.8 Å². The summed E-state index contributed by atoms with van der Waals surface area (Å²) in [7, 11) is 0. The van der Waals surface area contributed by atoms with Gasteiger partial charge in [-0.2, -0.15) is 0 Å². The maximum absolute atomic E-state index is 12.0. The quantitative estimate of drug-likeness (QED) is 0.786. The number of hydrogen-bond donors (Lipinski definition) is 0. The Morgan fingerprint density at radius 3 is 2.89 bits per heavy atom. The van der Waals surface area contributed by atoms with Crippen LogP contribution in [0.4, 0.5) is 0 Å². The summed E-state index contributed by atoms with van der Waals surface area (Å²) in [5.74, 6) is 0.262. The van der Waals surface area contributed by atoms with Crippen molar-refractivity contribution in [2.24, 2.45) is 0 Å². The Morgan fingerprint density at radius 2 is 2.11 bits per heavy atom. The van der Waals surface area contributed by atoms with Crippen molar-refractivity contribution >= 4 is 23.5 Å². The lowest BCUT2D eigenvalue weighted by molar-refractivity contribution is -0.144. The maximum Gasteiger partial charge on any atom is 0.290 e. The van der Waals surface area contributed by atoms with E-state index in [2.05, 4.69) is 6.07 Å². The molecule has 1 aliphatic heterocycles. The van der Waals surface area contributed by atoms with Gasteiger partial charge < -0.3 is 4.90 Å². The Kier molecular flexibility index (Phi) is 4.42. The lowest BCUT2D eigenvalue weighted by atomic mass is 10.1. The minimum absolute atomic E-state index is 0.262. The second-order valence-corrected chi connectivity index (χ2v) is 5.49. The van der Waals surface area contributed by atoms with Gasteiger partial charge in [0.05, 0.1) is 0 Å². The summed E-state index contributed by atoms with van der Waals surface area (Å²) in [6.07, 6.45) is 1.08. The van der Waals surface area contributed by atoms with E-state index in [1.54, 1.807) is 16.7 Å². The van der Waals surface area contributed by atoms with Crippen LogP contribution in [0.25, 0.3) is 0 Å². The van der Waals surface area contributed by atoms with Gasteiger partial charge in [0.1, 0.15) is 0 Å². The Bertz CT molecular complexity index is 459. The summed E-state index contributed by atoms with van der Waals surface area (Å²) >= 11 is 1.75. The van der Waals surface area contributed by atoms with Crippen LogP contribution < -0.4 is 0 Å². The molecular formula is C14H17NO2S. The van der Waals surface area contributed by atoms with Gasteiger partial charge in [-0.25, -0.2) is 0 Å². The van der Waals surface area contributed by atoms with E-state index in [0.29, 0.717) is 19.5 Å². The third-order valence-electron chi connectivity index (χ3n) is 2.96. The Balaban J connectivity index is 2.12. The van der Waals surface area contributed by atoms with Gasteiger partial charge in [0.25, 0.3) is 5.91 Å². The summed E-state index contributed by atoms with van der Waals surface area (Å²) in [5, 5.41) is 0. The van der Waals surface area contributed by atoms with E-state index in [0.717, 1.165) is 17.7 Å². The van der Waals surface area contributed by atoms with Crippen molar-refractivity contribution in [3.63, 3.8) is 0 Å². The van der Waals surface area contributed by atoms with Crippen LogP contribution in [-0.4, -0.2) is 28.9 Å². The molecule has 2 rings (SSSR count). The molecule has 1 aromatic rings. The largest absolute Gasteiger partial charge is 0.331 e. The second kappa shape index (κ2) is 6.05. The minimum Gasteiger partial charge on any atom is -0.331 e. The van der Waals surface area contributed by atoms with Gasteiger partial charge >= 0.3 is 0 Å². The molecule has 1 amide bonds. The number of thioether (sulfide) groups is 1. The standard InChI is InChI=1S/C14H17NO2S/c1-2-5-12(16)14(17)15-8-9-18-13-7-4-3-6-11(13)10-15/h3-4,6-7H,2,5,8-10H2,1H3. The SMILES string of the molecule is CCCC(=O)C(=O)N1CCSc2ccccc2C1. The van der Waals surface area contributed by atoms with Crippen LogP contribution in [0.15, 0.2) is 29.2 Å². The van der Waals surface area contributed by atoms with Crippen LogP contribution in [0, 0.1) is 0 Å². The molecule has 1 aromatic carbocycles. The number of carbonyl (C=O) groups is 2. The predicted octanol–water partition coefficient (Wildman–Crippen LogP) is 2.49. The highest BCUT2D eigenvalue weighted by Gasteiger charge is 2.23. The average molecular weight is 263 g/mol. The third-order valence-corrected chi connectivity index (χ3v) is 4.05. The topological polar surface area (TPSA) is 37.4 Å². The molecule has 1 heterocycles. The first-order valence-corrected chi connectivity index (χ1v) is 7.23. The van der Waals surface area contributed by atoms with Crippen molar-refractivity contribution in [3.8, 4) is 0 Å². The molecule has 0 spiro atoms. The van der Waals surface area contributed by atoms with Crippen LogP contribution in [0.1, 0.15) is 25.3 Å². The Morgan fingerprint density at radius 1 is 1.33 bits per heavy atom. The molecule has 0 bridgehead atoms. The van der Waals surface area contributed by atoms with E-state index in [1.807, 2.05) is 25.1 Å². The first-order chi connectivity index (χ1) is 8.72. The first kappa shape index (κ1) is 13.1. The molecule has 0 N–H and O–H groups in total. The molecule has 0 radical (unpaired) electrons. The average Bonchev–Trinajstić information content (AvgIpc) is 2.60. The van der Waals surface area contributed by atoms with Crippen molar-refractivity contribution in [1.82, 2.24) is 4.90 Å². The zero-order valence-electron chi connectivity index (χ0n) is 10.5. The van der Waals surface area contributed by atoms with Gasteiger partial charge in [0.15, 0.2) is 0 Å². The number of rotatable bonds is 3. The molecule has 96 valence electrons. The van der Waals surface area contributed by atoms with Gasteiger partial charge in [0, 0.05) is 30.2 Å². The molecule has 0 aromatic heterocycles. The van der Waals surface area contributed by atoms with E-state index >= 15 is 0 Å². The van der Waals surface area contributed by atoms with Gasteiger partial charge in [-0.15, -0.1) is 11.8 Å². The van der Waals surface area contributed by atoms with Crippen LogP contribution in [0.2, 0.25) is 0 Å². The molecule has 18 heavy (non-hydrogen) atoms. The number of nitrogens with zero attached hydrogens (tertiary/aromatic N) is 1. The van der Waals surface area contributed by atoms with E-state index in [9.17, 15) is 9.59 Å². The number of carbonyl (C=O) groups excluding carboxylic acids is 2. The molecule has 0 atom stereocenters. The highest BCUT2D eigenvalue weighted by atomic mass is 32.2. The number of amides is 1. The van der Waals surface area contributed by atoms with E-state index < -0.39 is 0 Å². The maximum atomic E-state index is 12.0. The Labute approximate surface area is 112 Å². The fourth-order valence-corrected chi connectivity index (χ4v) is 3.03. The minimum atomic E-state index is -0.325. The van der Waals surface area contributed by atoms with Gasteiger partial charge in [-0.1, -0.05) is 25.1 Å². The van der Waals surface area contributed by atoms with Crippen LogP contribution in [0.5, 0.6) is 0 Å². The van der Waals surface area contributed by atoms with Crippen molar-refractivity contribution < 1.29 is 9.59 Å². The number of hydrogen-bond acceptors (Lipinski definition) is 3. The predicted molar refractivity (Wildman–Crippen MR) is 72.5 cm³/mol. The summed E-state index contributed by atoms with van der Waals surface area (Å²) in [6, 6.07) is 8.08. The van der Waals surface area contributed by atoms with Crippen molar-refractivity contribution in [2.75, 3.05) is 12.3 Å². The lowest BCUT2D eigenvalue weighted by Gasteiger charge is -2.19. The molecule has 4 heteroatoms. The zero-order valence-corrected chi connectivity index (χ0v) is 11.3. The molecular weight excluding hydrogens is 246 g/mol. The van der Waals surface area contributed by atoms with E-state index in [-0.39, 0.29) is 11.7 Å². The monoisotopic (exact) mass is 263 g/mol. The fourth-order valence-electron chi connectivity index (χ4n) is 2.01. The van der Waals surface area contributed by atoms with Crippen LogP contribution in [0.3, 0.4) is 0 Å². The highest BCUT2D eigenvalue weighted by molar-refractivity contribution is 7.99. The summed E-state index contributed by atoms with van der Waals surface area (Å²) < 4.78 is 0. The lowest BCUT2D eigenvalue weighted by Crippen LogP contribution is -2.36. The summed E-state index contributed by atoms with van der Waals surface area (Å²) in [6.45, 7) is 3.11. The summed E-state index contributed by atoms with van der Waals surface area (Å²) in [5.41, 5.74) is 1.14. The molecule has 0 saturated heterocycles. The van der Waals surface area contributed by atoms with E-state index in [1.165, 1.54) is 4.90 Å². The Hall–Kier alpha value is -1.29. The number of benzene rings is 1. The second-order valence-electron chi connectivity index (χ2n) is 4.36. The molecule has 0 unspecified atom stereocenters. The molecule has 1 aliphatic rings. The normalized spacial score (nSPS) is 14.8. The van der Waals surface area contributed by atoms with Crippen molar-refractivity contribution in [1.29, 1.82) is 0 Å². The van der Waals surface area contributed by atoms with Crippen molar-refractivity contribution in [2.45, 2.75) is 31.2 Å². The van der Waals surface area contributed by atoms with Gasteiger partial charge in [0.2, 0.25) is 5.78 Å². The van der Waals surface area contributed by atoms with Crippen LogP contribution >= 0.6 is 11.8 Å². The summed E-state index contributed by atoms with van der Waals surface area (Å²) in [4.78, 5) is 26.6. The highest BCUT2D eigenvalue weighted by Crippen LogP contribution is 2.27. The molecule has 3 nitrogen and oxygen atoms in total. The van der Waals surface area contributed by atoms with Crippen LogP contribution in [-0.2, 0) is 16.1 Å². The number of Topliss-reactive ketones (excluding diaryl/α,β-unsaturated/α-hetero) is 1. The number of fused-ring (bicyclic) bond motifs is 1. The molecule has 0 saturated carbocycles. The van der Waals surface area contributed by atoms with E-state index in [4.69, 9.17) is 0 Å². The van der Waals surface area contributed by atoms with Gasteiger partial charge in [-0.3, -0.25) is 9.59 Å². The smallest absolute Gasteiger partial charge is 0.290 e. The molecule has 0 fully saturated rings. The number of ketones is 1. The van der Waals surface area contributed by atoms with Gasteiger partial charge in [-0.05, 0) is 18.1 Å². The first-order valence-electron chi connectivity index (χ1n) is 6.25. The zero-order chi connectivity index (χ0) is 13.0. The third kappa shape index (κ3) is 2.93. The molecule has 0 aliphatic carbocycles. The fraction of sp³-hybridized carbons (Fsp3) is 0.429.